The molecular weight excluding hydrogens is 372 g/mol. The molecule has 0 aliphatic rings. The minimum Gasteiger partial charge on any atom is -0.438 e. The average molecular weight is 388 g/mol. The van der Waals surface area contributed by atoms with Crippen LogP contribution < -0.4 is 10.1 Å². The molecule has 0 saturated heterocycles. The first-order chi connectivity index (χ1) is 12.7. The molecule has 2 amide bonds. The number of rotatable bonds is 6. The van der Waals surface area contributed by atoms with Crippen molar-refractivity contribution in [1.82, 2.24) is 14.9 Å². The van der Waals surface area contributed by atoms with E-state index in [0.29, 0.717) is 5.75 Å². The van der Waals surface area contributed by atoms with Gasteiger partial charge in [-0.05, 0) is 31.2 Å². The number of nitrogens with one attached hydrogen (secondary N) is 1. The van der Waals surface area contributed by atoms with Crippen LogP contribution in [0.4, 0.5) is 28.2 Å². The van der Waals surface area contributed by atoms with Crippen LogP contribution in [0.3, 0.4) is 0 Å². The van der Waals surface area contributed by atoms with E-state index in [1.54, 1.807) is 0 Å². The molecule has 146 valence electrons. The Kier molecular flexibility index (Phi) is 6.50. The number of hydrogen-bond donors (Lipinski definition) is 2. The maximum Gasteiger partial charge on any atom is 0.416 e. The second kappa shape index (κ2) is 8.62. The molecule has 11 heteroatoms. The molecule has 0 fully saturated rings. The van der Waals surface area contributed by atoms with Crippen molar-refractivity contribution in [3.8, 4) is 11.6 Å². The normalized spacial score (nSPS) is 12.4. The molecule has 27 heavy (non-hydrogen) atoms. The van der Waals surface area contributed by atoms with E-state index < -0.39 is 30.7 Å². The molecule has 1 atom stereocenters. The second-order valence-corrected chi connectivity index (χ2v) is 5.32. The van der Waals surface area contributed by atoms with Crippen molar-refractivity contribution in [3.05, 3.63) is 42.5 Å². The van der Waals surface area contributed by atoms with Crippen molar-refractivity contribution in [2.75, 3.05) is 18.4 Å². The average Bonchev–Trinajstić information content (AvgIpc) is 2.62. The number of likely N-dealkylation sites (N-methyl/N-ethyl adjacent to an activating group) is 1. The van der Waals surface area contributed by atoms with Gasteiger partial charge in [0.2, 0.25) is 5.88 Å². The van der Waals surface area contributed by atoms with E-state index in [9.17, 15) is 22.4 Å². The third-order valence-electron chi connectivity index (χ3n) is 3.34. The van der Waals surface area contributed by atoms with Gasteiger partial charge >= 0.3 is 12.2 Å². The van der Waals surface area contributed by atoms with Crippen molar-refractivity contribution in [3.63, 3.8) is 0 Å². The fourth-order valence-corrected chi connectivity index (χ4v) is 1.91. The molecule has 1 aromatic carbocycles. The first kappa shape index (κ1) is 20.4. The van der Waals surface area contributed by atoms with E-state index >= 15 is 0 Å². The summed E-state index contributed by atoms with van der Waals surface area (Å²) in [7, 11) is 0. The Bertz CT molecular complexity index is 754. The number of amides is 2. The maximum atomic E-state index is 12.8. The predicted octanol–water partition coefficient (Wildman–Crippen LogP) is 3.19. The number of aliphatic hydroxyl groups is 1. The molecule has 0 spiro atoms. The fraction of sp³-hybridized carbons (Fsp3) is 0.312. The number of aliphatic hydroxyl groups excluding tert-OH is 1. The van der Waals surface area contributed by atoms with Gasteiger partial charge < -0.3 is 14.7 Å². The quantitative estimate of drug-likeness (QED) is 0.743. The lowest BCUT2D eigenvalue weighted by atomic mass is 10.3. The molecule has 1 heterocycles. The summed E-state index contributed by atoms with van der Waals surface area (Å²) < 4.78 is 55.4. The third kappa shape index (κ3) is 6.06. The minimum atomic E-state index is -4.83. The Morgan fingerprint density at radius 2 is 1.93 bits per heavy atom. The highest BCUT2D eigenvalue weighted by Crippen LogP contribution is 2.21. The van der Waals surface area contributed by atoms with Gasteiger partial charge in [-0.1, -0.05) is 0 Å². The molecular formula is C16H16F4N4O3. The SMILES string of the molecule is CCN(C[C@@H](O)C(F)(F)F)C(=O)Nc1cnc(Oc2ccc(F)cc2)cn1. The number of aromatic nitrogens is 2. The number of nitrogens with zero attached hydrogens (tertiary/aromatic N) is 3. The number of ether oxygens (including phenoxy) is 1. The Morgan fingerprint density at radius 1 is 1.26 bits per heavy atom. The predicted molar refractivity (Wildman–Crippen MR) is 86.8 cm³/mol. The van der Waals surface area contributed by atoms with Gasteiger partial charge in [-0.15, -0.1) is 0 Å². The number of carbonyl (C=O) groups is 1. The van der Waals surface area contributed by atoms with Crippen LogP contribution in [0.15, 0.2) is 36.7 Å². The van der Waals surface area contributed by atoms with Gasteiger partial charge in [0.25, 0.3) is 0 Å². The highest BCUT2D eigenvalue weighted by Gasteiger charge is 2.39. The summed E-state index contributed by atoms with van der Waals surface area (Å²) in [6, 6.07) is 4.30. The number of benzene rings is 1. The molecule has 1 aromatic heterocycles. The summed E-state index contributed by atoms with van der Waals surface area (Å²) in [6.07, 6.45) is -5.15. The highest BCUT2D eigenvalue weighted by molar-refractivity contribution is 5.88. The van der Waals surface area contributed by atoms with E-state index in [4.69, 9.17) is 9.84 Å². The minimum absolute atomic E-state index is 0.0218. The Balaban J connectivity index is 1.96. The largest absolute Gasteiger partial charge is 0.438 e. The molecule has 7 nitrogen and oxygen atoms in total. The molecule has 2 N–H and O–H groups in total. The molecule has 0 aliphatic carbocycles. The van der Waals surface area contributed by atoms with Crippen LogP contribution in [0.1, 0.15) is 6.92 Å². The van der Waals surface area contributed by atoms with Gasteiger partial charge in [-0.2, -0.15) is 13.2 Å². The molecule has 0 radical (unpaired) electrons. The van der Waals surface area contributed by atoms with Crippen LogP contribution in [-0.2, 0) is 0 Å². The van der Waals surface area contributed by atoms with Crippen molar-refractivity contribution < 1.29 is 32.2 Å². The van der Waals surface area contributed by atoms with Crippen molar-refractivity contribution in [1.29, 1.82) is 0 Å². The van der Waals surface area contributed by atoms with Crippen LogP contribution in [-0.4, -0.2) is 51.4 Å². The van der Waals surface area contributed by atoms with Crippen LogP contribution >= 0.6 is 0 Å². The van der Waals surface area contributed by atoms with Crippen LogP contribution in [0.25, 0.3) is 0 Å². The summed E-state index contributed by atoms with van der Waals surface area (Å²) in [5.74, 6) is -0.0609. The molecule has 0 unspecified atom stereocenters. The van der Waals surface area contributed by atoms with E-state index in [-0.39, 0.29) is 18.2 Å². The number of hydrogen-bond acceptors (Lipinski definition) is 5. The summed E-state index contributed by atoms with van der Waals surface area (Å²) >= 11 is 0. The first-order valence-corrected chi connectivity index (χ1v) is 7.75. The Labute approximate surface area is 151 Å². The number of carbonyl (C=O) groups excluding carboxylic acids is 1. The highest BCUT2D eigenvalue weighted by atomic mass is 19.4. The Hall–Kier alpha value is -2.95. The fourth-order valence-electron chi connectivity index (χ4n) is 1.91. The van der Waals surface area contributed by atoms with Gasteiger partial charge in [0.1, 0.15) is 11.6 Å². The monoisotopic (exact) mass is 388 g/mol. The van der Waals surface area contributed by atoms with E-state index in [0.717, 1.165) is 11.1 Å². The van der Waals surface area contributed by atoms with E-state index in [2.05, 4.69) is 15.3 Å². The van der Waals surface area contributed by atoms with Crippen LogP contribution in [0, 0.1) is 5.82 Å². The second-order valence-electron chi connectivity index (χ2n) is 5.32. The summed E-state index contributed by atoms with van der Waals surface area (Å²) in [5.41, 5.74) is 0. The van der Waals surface area contributed by atoms with Gasteiger partial charge in [-0.3, -0.25) is 5.32 Å². The van der Waals surface area contributed by atoms with E-state index in [1.807, 2.05) is 0 Å². The van der Waals surface area contributed by atoms with Crippen LogP contribution in [0.2, 0.25) is 0 Å². The Morgan fingerprint density at radius 3 is 2.44 bits per heavy atom. The van der Waals surface area contributed by atoms with Gasteiger partial charge in [0.05, 0.1) is 18.9 Å². The zero-order valence-electron chi connectivity index (χ0n) is 14.1. The number of anilines is 1. The van der Waals surface area contributed by atoms with E-state index in [1.165, 1.54) is 37.4 Å². The van der Waals surface area contributed by atoms with Crippen molar-refractivity contribution in [2.24, 2.45) is 0 Å². The first-order valence-electron chi connectivity index (χ1n) is 7.75. The molecule has 0 saturated carbocycles. The number of urea groups is 1. The summed E-state index contributed by atoms with van der Waals surface area (Å²) in [5, 5.41) is 11.4. The third-order valence-corrected chi connectivity index (χ3v) is 3.34. The molecule has 0 aliphatic heterocycles. The van der Waals surface area contributed by atoms with Gasteiger partial charge in [-0.25, -0.2) is 19.2 Å². The van der Waals surface area contributed by atoms with Crippen LogP contribution in [0.5, 0.6) is 11.6 Å². The standard InChI is InChI=1S/C16H16F4N4O3/c1-2-24(9-12(25)16(18,19)20)15(26)23-13-7-22-14(8-21-13)27-11-5-3-10(17)4-6-11/h3-8,12,25H,2,9H2,1H3,(H,21,23,26)/t12-/m1/s1. The molecule has 0 bridgehead atoms. The van der Waals surface area contributed by atoms with Crippen molar-refractivity contribution in [2.45, 2.75) is 19.2 Å². The zero-order valence-corrected chi connectivity index (χ0v) is 14.1. The number of halogens is 4. The lowest BCUT2D eigenvalue weighted by Gasteiger charge is -2.25. The van der Waals surface area contributed by atoms with Gasteiger partial charge in [0.15, 0.2) is 11.9 Å². The zero-order chi connectivity index (χ0) is 20.0. The smallest absolute Gasteiger partial charge is 0.416 e. The number of alkyl halides is 3. The molecule has 2 rings (SSSR count). The topological polar surface area (TPSA) is 87.6 Å². The molecule has 2 aromatic rings. The summed E-state index contributed by atoms with van der Waals surface area (Å²) in [6.45, 7) is 0.497. The summed E-state index contributed by atoms with van der Waals surface area (Å²) in [4.78, 5) is 20.6. The maximum absolute atomic E-state index is 12.8. The lowest BCUT2D eigenvalue weighted by molar-refractivity contribution is -0.206. The van der Waals surface area contributed by atoms with Crippen molar-refractivity contribution >= 4 is 11.8 Å². The van der Waals surface area contributed by atoms with Gasteiger partial charge in [0, 0.05) is 6.54 Å². The lowest BCUT2D eigenvalue weighted by Crippen LogP contribution is -2.45.